The monoisotopic (exact) mass is 344 g/mol. The third-order valence-electron chi connectivity index (χ3n) is 5.10. The van der Waals surface area contributed by atoms with Crippen molar-refractivity contribution in [1.29, 1.82) is 5.26 Å². The molecule has 0 radical (unpaired) electrons. The number of amides is 1. The van der Waals surface area contributed by atoms with Crippen LogP contribution in [0.4, 0.5) is 4.39 Å². The van der Waals surface area contributed by atoms with E-state index >= 15 is 0 Å². The lowest BCUT2D eigenvalue weighted by atomic mass is 10.1. The molecular formula is C19H25FN4O. The van der Waals surface area contributed by atoms with Crippen molar-refractivity contribution in [3.63, 3.8) is 0 Å². The lowest BCUT2D eigenvalue weighted by Crippen LogP contribution is -2.50. The van der Waals surface area contributed by atoms with E-state index in [9.17, 15) is 9.18 Å². The minimum atomic E-state index is -0.262. The van der Waals surface area contributed by atoms with Gasteiger partial charge in [0.05, 0.1) is 18.2 Å². The number of carbonyl (C=O) groups excluding carboxylic acids is 1. The summed E-state index contributed by atoms with van der Waals surface area (Å²) in [5.74, 6) is -0.0254. The summed E-state index contributed by atoms with van der Waals surface area (Å²) in [6.07, 6.45) is 3.46. The molecule has 2 heterocycles. The van der Waals surface area contributed by atoms with E-state index in [2.05, 4.69) is 15.9 Å². The van der Waals surface area contributed by atoms with E-state index in [0.29, 0.717) is 24.2 Å². The van der Waals surface area contributed by atoms with Crippen LogP contribution < -0.4 is 0 Å². The zero-order chi connectivity index (χ0) is 17.6. The zero-order valence-electron chi connectivity index (χ0n) is 14.6. The maximum atomic E-state index is 13.9. The van der Waals surface area contributed by atoms with Gasteiger partial charge in [0.2, 0.25) is 5.91 Å². The summed E-state index contributed by atoms with van der Waals surface area (Å²) < 4.78 is 13.9. The van der Waals surface area contributed by atoms with Crippen molar-refractivity contribution in [1.82, 2.24) is 14.7 Å². The first-order valence-electron chi connectivity index (χ1n) is 9.07. The topological polar surface area (TPSA) is 50.6 Å². The zero-order valence-corrected chi connectivity index (χ0v) is 14.6. The number of hydrogen-bond acceptors (Lipinski definition) is 4. The van der Waals surface area contributed by atoms with Crippen LogP contribution in [0, 0.1) is 17.1 Å². The molecule has 1 aromatic rings. The molecule has 0 saturated carbocycles. The Labute approximate surface area is 148 Å². The fraction of sp³-hybridized carbons (Fsp3) is 0.579. The van der Waals surface area contributed by atoms with Gasteiger partial charge >= 0.3 is 0 Å². The molecule has 134 valence electrons. The molecule has 0 spiro atoms. The fourth-order valence-electron chi connectivity index (χ4n) is 3.55. The summed E-state index contributed by atoms with van der Waals surface area (Å²) in [5.41, 5.74) is 1.05. The molecule has 0 atom stereocenters. The predicted molar refractivity (Wildman–Crippen MR) is 93.3 cm³/mol. The summed E-state index contributed by atoms with van der Waals surface area (Å²) in [5, 5.41) is 8.96. The van der Waals surface area contributed by atoms with Gasteiger partial charge in [-0.25, -0.2) is 4.39 Å². The number of carbonyl (C=O) groups is 1. The summed E-state index contributed by atoms with van der Waals surface area (Å²) in [4.78, 5) is 18.7. The number of nitriles is 1. The van der Waals surface area contributed by atoms with Crippen LogP contribution in [0.15, 0.2) is 18.2 Å². The van der Waals surface area contributed by atoms with Crippen LogP contribution in [0.3, 0.4) is 0 Å². The largest absolute Gasteiger partial charge is 0.342 e. The molecule has 0 unspecified atom stereocenters. The Morgan fingerprint density at radius 2 is 1.72 bits per heavy atom. The minimum Gasteiger partial charge on any atom is -0.342 e. The summed E-state index contributed by atoms with van der Waals surface area (Å²) >= 11 is 0. The van der Waals surface area contributed by atoms with Crippen molar-refractivity contribution in [3.05, 3.63) is 35.1 Å². The van der Waals surface area contributed by atoms with Crippen LogP contribution >= 0.6 is 0 Å². The second-order valence-corrected chi connectivity index (χ2v) is 6.91. The Balaban J connectivity index is 1.47. The number of nitrogens with zero attached hydrogens (tertiary/aromatic N) is 4. The normalized spacial score (nSPS) is 19.6. The Kier molecular flexibility index (Phi) is 6.00. The van der Waals surface area contributed by atoms with Crippen LogP contribution in [0.2, 0.25) is 0 Å². The van der Waals surface area contributed by atoms with Crippen molar-refractivity contribution < 1.29 is 9.18 Å². The molecule has 6 heteroatoms. The van der Waals surface area contributed by atoms with Crippen molar-refractivity contribution >= 4 is 5.91 Å². The van der Waals surface area contributed by atoms with Crippen molar-refractivity contribution in [2.24, 2.45) is 0 Å². The molecule has 2 saturated heterocycles. The molecule has 1 aromatic carbocycles. The molecule has 2 aliphatic heterocycles. The molecule has 5 nitrogen and oxygen atoms in total. The summed E-state index contributed by atoms with van der Waals surface area (Å²) in [6, 6.07) is 6.55. The van der Waals surface area contributed by atoms with Gasteiger partial charge in [-0.3, -0.25) is 14.6 Å². The van der Waals surface area contributed by atoms with E-state index in [1.165, 1.54) is 18.6 Å². The highest BCUT2D eigenvalue weighted by atomic mass is 19.1. The average Bonchev–Trinajstić information content (AvgIpc) is 2.66. The highest BCUT2D eigenvalue weighted by molar-refractivity contribution is 5.78. The average molecular weight is 344 g/mol. The molecule has 0 aromatic heterocycles. The number of likely N-dealkylation sites (tertiary alicyclic amines) is 1. The molecule has 0 bridgehead atoms. The smallest absolute Gasteiger partial charge is 0.236 e. The highest BCUT2D eigenvalue weighted by Crippen LogP contribution is 2.15. The number of piperazine rings is 1. The van der Waals surface area contributed by atoms with E-state index in [1.807, 2.05) is 4.90 Å². The fourth-order valence-corrected chi connectivity index (χ4v) is 3.55. The molecule has 2 aliphatic rings. The van der Waals surface area contributed by atoms with Crippen molar-refractivity contribution in [2.45, 2.75) is 25.8 Å². The predicted octanol–water partition coefficient (Wildman–Crippen LogP) is 1.83. The van der Waals surface area contributed by atoms with E-state index < -0.39 is 0 Å². The lowest BCUT2D eigenvalue weighted by Gasteiger charge is -2.36. The second-order valence-electron chi connectivity index (χ2n) is 6.91. The van der Waals surface area contributed by atoms with Crippen LogP contribution in [0.25, 0.3) is 0 Å². The Bertz CT molecular complexity index is 643. The maximum absolute atomic E-state index is 13.9. The van der Waals surface area contributed by atoms with Gasteiger partial charge < -0.3 is 4.90 Å². The number of rotatable bonds is 4. The third-order valence-corrected chi connectivity index (χ3v) is 5.10. The Morgan fingerprint density at radius 1 is 1.04 bits per heavy atom. The minimum absolute atomic E-state index is 0.237. The van der Waals surface area contributed by atoms with Crippen molar-refractivity contribution in [3.8, 4) is 6.07 Å². The first-order valence-corrected chi connectivity index (χ1v) is 9.07. The van der Waals surface area contributed by atoms with E-state index in [-0.39, 0.29) is 11.7 Å². The number of halogens is 1. The van der Waals surface area contributed by atoms with E-state index in [1.54, 1.807) is 6.07 Å². The van der Waals surface area contributed by atoms with E-state index in [0.717, 1.165) is 52.1 Å². The first-order chi connectivity index (χ1) is 12.2. The second kappa shape index (κ2) is 8.41. The Hall–Kier alpha value is -1.97. The van der Waals surface area contributed by atoms with E-state index in [4.69, 9.17) is 5.26 Å². The molecular weight excluding hydrogens is 319 g/mol. The number of benzene rings is 1. The van der Waals surface area contributed by atoms with Gasteiger partial charge in [0.1, 0.15) is 5.82 Å². The van der Waals surface area contributed by atoms with Gasteiger partial charge in [0.25, 0.3) is 0 Å². The first kappa shape index (κ1) is 17.8. The molecule has 0 N–H and O–H groups in total. The van der Waals surface area contributed by atoms with Gasteiger partial charge in [-0.05, 0) is 37.5 Å². The van der Waals surface area contributed by atoms with Crippen LogP contribution in [0.5, 0.6) is 0 Å². The molecule has 1 amide bonds. The van der Waals surface area contributed by atoms with Crippen LogP contribution in [-0.4, -0.2) is 66.4 Å². The van der Waals surface area contributed by atoms with Crippen molar-refractivity contribution in [2.75, 3.05) is 45.8 Å². The number of piperidine rings is 1. The van der Waals surface area contributed by atoms with Gasteiger partial charge in [-0.15, -0.1) is 0 Å². The molecule has 25 heavy (non-hydrogen) atoms. The molecule has 0 aliphatic carbocycles. The quantitative estimate of drug-likeness (QED) is 0.836. The van der Waals surface area contributed by atoms with Gasteiger partial charge in [0.15, 0.2) is 0 Å². The standard InChI is InChI=1S/C19H25FN4O/c20-18-5-4-16(13-21)12-17(18)14-22-8-10-23(11-9-22)15-19(25)24-6-2-1-3-7-24/h4-5,12H,1-3,6-11,14-15H2. The number of hydrogen-bond donors (Lipinski definition) is 0. The van der Waals surface area contributed by atoms with Crippen LogP contribution in [-0.2, 0) is 11.3 Å². The summed E-state index contributed by atoms with van der Waals surface area (Å²) in [6.45, 7) is 6.05. The van der Waals surface area contributed by atoms with Gasteiger partial charge in [-0.1, -0.05) is 0 Å². The van der Waals surface area contributed by atoms with Crippen LogP contribution in [0.1, 0.15) is 30.4 Å². The highest BCUT2D eigenvalue weighted by Gasteiger charge is 2.23. The lowest BCUT2D eigenvalue weighted by molar-refractivity contribution is -0.133. The third kappa shape index (κ3) is 4.77. The molecule has 2 fully saturated rings. The maximum Gasteiger partial charge on any atom is 0.236 e. The summed E-state index contributed by atoms with van der Waals surface area (Å²) in [7, 11) is 0. The molecule has 3 rings (SSSR count). The SMILES string of the molecule is N#Cc1ccc(F)c(CN2CCN(CC(=O)N3CCCCC3)CC2)c1. The Morgan fingerprint density at radius 3 is 2.40 bits per heavy atom. The van der Waals surface area contributed by atoms with Gasteiger partial charge in [0, 0.05) is 51.4 Å². The van der Waals surface area contributed by atoms with Gasteiger partial charge in [-0.2, -0.15) is 5.26 Å².